The van der Waals surface area contributed by atoms with Crippen LogP contribution in [0.2, 0.25) is 0 Å². The number of allylic oxidation sites excluding steroid dienone is 1. The van der Waals surface area contributed by atoms with Crippen molar-refractivity contribution < 1.29 is 4.79 Å². The molecule has 1 aliphatic rings. The van der Waals surface area contributed by atoms with Crippen molar-refractivity contribution in [2.24, 2.45) is 0 Å². The summed E-state index contributed by atoms with van der Waals surface area (Å²) in [4.78, 5) is 36.2. The minimum absolute atomic E-state index is 0.0791. The van der Waals surface area contributed by atoms with Gasteiger partial charge in [0.1, 0.15) is 4.70 Å². The van der Waals surface area contributed by atoms with E-state index in [0.717, 1.165) is 31.1 Å². The van der Waals surface area contributed by atoms with Crippen LogP contribution in [0.25, 0.3) is 10.3 Å². The molecule has 1 amide bonds. The van der Waals surface area contributed by atoms with Gasteiger partial charge in [0.25, 0.3) is 5.56 Å². The molecular weight excluding hydrogens is 370 g/mol. The normalized spacial score (nSPS) is 14.3. The maximum absolute atomic E-state index is 12.9. The zero-order chi connectivity index (χ0) is 18.7. The summed E-state index contributed by atoms with van der Waals surface area (Å²) in [6.45, 7) is 9.84. The fraction of sp³-hybridized carbons (Fsp3) is 0.529. The predicted octanol–water partition coefficient (Wildman–Crippen LogP) is 2.26. The van der Waals surface area contributed by atoms with Crippen LogP contribution in [0, 0.1) is 0 Å². The molecule has 2 aromatic heterocycles. The lowest BCUT2D eigenvalue weighted by Gasteiger charge is -2.11. The molecule has 9 heteroatoms. The number of aromatic nitrogens is 3. The Kier molecular flexibility index (Phi) is 5.98. The summed E-state index contributed by atoms with van der Waals surface area (Å²) >= 11 is 2.65. The molecule has 2 aromatic rings. The second-order valence-electron chi connectivity index (χ2n) is 6.45. The topological polar surface area (TPSA) is 80.1 Å². The highest BCUT2D eigenvalue weighted by Crippen LogP contribution is 2.29. The monoisotopic (exact) mass is 393 g/mol. The van der Waals surface area contributed by atoms with Gasteiger partial charge in [0, 0.05) is 25.7 Å². The molecule has 0 saturated carbocycles. The van der Waals surface area contributed by atoms with Crippen LogP contribution in [-0.4, -0.2) is 45.3 Å². The molecule has 0 radical (unpaired) electrons. The molecule has 1 N–H and O–H groups in total. The largest absolute Gasteiger partial charge is 0.353 e. The van der Waals surface area contributed by atoms with E-state index >= 15 is 0 Å². The van der Waals surface area contributed by atoms with Crippen LogP contribution >= 0.6 is 23.1 Å². The summed E-state index contributed by atoms with van der Waals surface area (Å²) in [6.07, 6.45) is 3.96. The van der Waals surface area contributed by atoms with Crippen molar-refractivity contribution in [3.8, 4) is 0 Å². The summed E-state index contributed by atoms with van der Waals surface area (Å²) in [7, 11) is 0. The van der Waals surface area contributed by atoms with E-state index in [9.17, 15) is 9.59 Å². The second-order valence-corrected chi connectivity index (χ2v) is 8.37. The number of nitrogens with zero attached hydrogens (tertiary/aromatic N) is 4. The third kappa shape index (κ3) is 4.09. The quantitative estimate of drug-likeness (QED) is 0.442. The number of hydrogen-bond donors (Lipinski definition) is 1. The maximum atomic E-state index is 12.9. The van der Waals surface area contributed by atoms with Crippen molar-refractivity contribution in [1.29, 1.82) is 0 Å². The Morgan fingerprint density at radius 1 is 1.38 bits per heavy atom. The Morgan fingerprint density at radius 3 is 2.77 bits per heavy atom. The minimum Gasteiger partial charge on any atom is -0.353 e. The van der Waals surface area contributed by atoms with Gasteiger partial charge in [-0.25, -0.2) is 4.98 Å². The molecule has 0 aromatic carbocycles. The van der Waals surface area contributed by atoms with Gasteiger partial charge in [-0.2, -0.15) is 4.98 Å². The fourth-order valence-electron chi connectivity index (χ4n) is 2.81. The summed E-state index contributed by atoms with van der Waals surface area (Å²) in [5, 5.41) is 4.20. The van der Waals surface area contributed by atoms with Crippen LogP contribution in [0.5, 0.6) is 0 Å². The van der Waals surface area contributed by atoms with Crippen LogP contribution in [0.4, 0.5) is 5.13 Å². The lowest BCUT2D eigenvalue weighted by Crippen LogP contribution is -2.32. The molecular formula is C17H23N5O2S2. The van der Waals surface area contributed by atoms with E-state index < -0.39 is 0 Å². The molecule has 0 aliphatic carbocycles. The van der Waals surface area contributed by atoms with Crippen LogP contribution in [0.1, 0.15) is 26.7 Å². The molecule has 140 valence electrons. The summed E-state index contributed by atoms with van der Waals surface area (Å²) in [5.41, 5.74) is 0.346. The SMILES string of the molecule is C=CCn1c(SCC(=O)NC(C)C)nc2nc(N3CCCC3)sc2c1=O. The second kappa shape index (κ2) is 8.22. The van der Waals surface area contributed by atoms with Crippen LogP contribution in [0.3, 0.4) is 0 Å². The van der Waals surface area contributed by atoms with Crippen molar-refractivity contribution in [2.45, 2.75) is 44.4 Å². The Hall–Kier alpha value is -1.87. The van der Waals surface area contributed by atoms with Gasteiger partial charge in [-0.3, -0.25) is 14.2 Å². The van der Waals surface area contributed by atoms with E-state index in [1.807, 2.05) is 13.8 Å². The minimum atomic E-state index is -0.121. The number of amides is 1. The lowest BCUT2D eigenvalue weighted by molar-refractivity contribution is -0.119. The molecule has 7 nitrogen and oxygen atoms in total. The van der Waals surface area contributed by atoms with Crippen LogP contribution < -0.4 is 15.8 Å². The summed E-state index contributed by atoms with van der Waals surface area (Å²) in [5.74, 6) is 0.122. The standard InChI is InChI=1S/C17H23N5O2S2/c1-4-7-22-15(24)13-14(19-16(26-13)21-8-5-6-9-21)20-17(22)25-10-12(23)18-11(2)3/h4,11H,1,5-10H2,2-3H3,(H,18,23). The van der Waals surface area contributed by atoms with Gasteiger partial charge in [-0.05, 0) is 26.7 Å². The number of thiazole rings is 1. The number of carbonyl (C=O) groups is 1. The number of nitrogens with one attached hydrogen (secondary N) is 1. The zero-order valence-electron chi connectivity index (χ0n) is 15.0. The third-order valence-corrected chi connectivity index (χ3v) is 6.01. The Bertz CT molecular complexity index is 868. The summed E-state index contributed by atoms with van der Waals surface area (Å²) in [6, 6.07) is 0.0791. The first-order chi connectivity index (χ1) is 12.5. The van der Waals surface area contributed by atoms with Gasteiger partial charge >= 0.3 is 0 Å². The maximum Gasteiger partial charge on any atom is 0.274 e. The van der Waals surface area contributed by atoms with Gasteiger partial charge in [0.2, 0.25) is 5.91 Å². The first-order valence-corrected chi connectivity index (χ1v) is 10.5. The van der Waals surface area contributed by atoms with Gasteiger partial charge in [-0.1, -0.05) is 29.2 Å². The van der Waals surface area contributed by atoms with Gasteiger partial charge in [0.05, 0.1) is 5.75 Å². The highest BCUT2D eigenvalue weighted by molar-refractivity contribution is 7.99. The summed E-state index contributed by atoms with van der Waals surface area (Å²) < 4.78 is 2.12. The highest BCUT2D eigenvalue weighted by Gasteiger charge is 2.21. The molecule has 0 atom stereocenters. The molecule has 0 bridgehead atoms. The van der Waals surface area contributed by atoms with E-state index in [2.05, 4.69) is 26.8 Å². The first-order valence-electron chi connectivity index (χ1n) is 8.69. The Morgan fingerprint density at radius 2 is 2.12 bits per heavy atom. The highest BCUT2D eigenvalue weighted by atomic mass is 32.2. The molecule has 1 fully saturated rings. The van der Waals surface area contributed by atoms with E-state index in [-0.39, 0.29) is 23.3 Å². The van der Waals surface area contributed by atoms with Crippen LogP contribution in [0.15, 0.2) is 22.6 Å². The molecule has 1 saturated heterocycles. The van der Waals surface area contributed by atoms with Crippen LogP contribution in [-0.2, 0) is 11.3 Å². The molecule has 0 unspecified atom stereocenters. The number of fused-ring (bicyclic) bond motifs is 1. The van der Waals surface area contributed by atoms with Crippen molar-refractivity contribution in [3.63, 3.8) is 0 Å². The van der Waals surface area contributed by atoms with Crippen molar-refractivity contribution in [3.05, 3.63) is 23.0 Å². The third-order valence-electron chi connectivity index (χ3n) is 3.94. The van der Waals surface area contributed by atoms with Gasteiger partial charge < -0.3 is 10.2 Å². The smallest absolute Gasteiger partial charge is 0.274 e. The molecule has 1 aliphatic heterocycles. The Labute approximate surface area is 160 Å². The average Bonchev–Trinajstić information content (AvgIpc) is 3.24. The zero-order valence-corrected chi connectivity index (χ0v) is 16.7. The van der Waals surface area contributed by atoms with E-state index in [1.165, 1.54) is 23.1 Å². The average molecular weight is 394 g/mol. The molecule has 3 heterocycles. The molecule has 3 rings (SSSR count). The van der Waals surface area contributed by atoms with Gasteiger partial charge in [-0.15, -0.1) is 6.58 Å². The molecule has 26 heavy (non-hydrogen) atoms. The van der Waals surface area contributed by atoms with E-state index in [1.54, 1.807) is 10.6 Å². The number of hydrogen-bond acceptors (Lipinski definition) is 7. The van der Waals surface area contributed by atoms with Crippen molar-refractivity contribution in [2.75, 3.05) is 23.7 Å². The molecule has 0 spiro atoms. The predicted molar refractivity (Wildman–Crippen MR) is 107 cm³/mol. The number of rotatable bonds is 7. The first kappa shape index (κ1) is 18.9. The fourth-order valence-corrected chi connectivity index (χ4v) is 4.63. The number of anilines is 1. The van der Waals surface area contributed by atoms with Gasteiger partial charge in [0.15, 0.2) is 15.9 Å². The van der Waals surface area contributed by atoms with E-state index in [4.69, 9.17) is 0 Å². The lowest BCUT2D eigenvalue weighted by atomic mass is 10.4. The van der Waals surface area contributed by atoms with E-state index in [0.29, 0.717) is 22.0 Å². The number of thioether (sulfide) groups is 1. The number of carbonyl (C=O) groups excluding carboxylic acids is 1. The van der Waals surface area contributed by atoms with Crippen molar-refractivity contribution in [1.82, 2.24) is 19.9 Å². The Balaban J connectivity index is 1.92. The van der Waals surface area contributed by atoms with Crippen molar-refractivity contribution >= 4 is 44.5 Å².